The molecule has 176 valence electrons. The number of nitrogens with zero attached hydrogens (tertiary/aromatic N) is 2. The standard InChI is InChI=1S/C23H27N3O6S/c1-14-7-15(2)13-25(12-14)23(28)17-6-5-16(3)21(10-17)24-22(27)18-8-19(26(29)30)11-20(9-18)33(4,31)32/h5-6,8-11,14-15H,7,12-13H2,1-4H3,(H,24,27). The Morgan fingerprint density at radius 2 is 1.70 bits per heavy atom. The van der Waals surface area contributed by atoms with Gasteiger partial charge in [-0.2, -0.15) is 0 Å². The molecule has 0 aromatic heterocycles. The molecule has 2 aromatic carbocycles. The van der Waals surface area contributed by atoms with Gasteiger partial charge in [0, 0.05) is 48.3 Å². The third kappa shape index (κ3) is 5.75. The van der Waals surface area contributed by atoms with E-state index >= 15 is 0 Å². The molecule has 1 aliphatic heterocycles. The third-order valence-corrected chi connectivity index (χ3v) is 6.77. The van der Waals surface area contributed by atoms with Crippen LogP contribution in [0.4, 0.5) is 11.4 Å². The number of benzene rings is 2. The van der Waals surface area contributed by atoms with E-state index in [4.69, 9.17) is 0 Å². The SMILES string of the molecule is Cc1ccc(C(=O)N2CC(C)CC(C)C2)cc1NC(=O)c1cc([N+](=O)[O-])cc(S(C)(=O)=O)c1. The predicted octanol–water partition coefficient (Wildman–Crippen LogP) is 3.68. The second-order valence-corrected chi connectivity index (χ2v) is 10.9. The van der Waals surface area contributed by atoms with Crippen LogP contribution in [0.15, 0.2) is 41.3 Å². The van der Waals surface area contributed by atoms with Gasteiger partial charge < -0.3 is 10.2 Å². The number of anilines is 1. The fourth-order valence-corrected chi connectivity index (χ4v) is 4.81. The van der Waals surface area contributed by atoms with Crippen molar-refractivity contribution >= 4 is 33.0 Å². The summed E-state index contributed by atoms with van der Waals surface area (Å²) >= 11 is 0. The number of likely N-dealkylation sites (tertiary alicyclic amines) is 1. The number of hydrogen-bond acceptors (Lipinski definition) is 6. The van der Waals surface area contributed by atoms with Crippen LogP contribution in [-0.4, -0.2) is 49.4 Å². The van der Waals surface area contributed by atoms with E-state index in [1.54, 1.807) is 25.1 Å². The fourth-order valence-electron chi connectivity index (χ4n) is 4.13. The number of amides is 2. The fraction of sp³-hybridized carbons (Fsp3) is 0.391. The van der Waals surface area contributed by atoms with Gasteiger partial charge in [0.2, 0.25) is 0 Å². The van der Waals surface area contributed by atoms with Gasteiger partial charge in [-0.3, -0.25) is 19.7 Å². The van der Waals surface area contributed by atoms with Crippen molar-refractivity contribution in [3.63, 3.8) is 0 Å². The smallest absolute Gasteiger partial charge is 0.271 e. The molecular formula is C23H27N3O6S. The third-order valence-electron chi connectivity index (χ3n) is 5.68. The van der Waals surface area contributed by atoms with Crippen LogP contribution in [0.5, 0.6) is 0 Å². The molecule has 1 N–H and O–H groups in total. The zero-order valence-electron chi connectivity index (χ0n) is 19.0. The summed E-state index contributed by atoms with van der Waals surface area (Å²) in [6.45, 7) is 7.31. The second kappa shape index (κ2) is 9.30. The minimum Gasteiger partial charge on any atom is -0.338 e. The first-order valence-electron chi connectivity index (χ1n) is 10.6. The molecule has 1 saturated heterocycles. The summed E-state index contributed by atoms with van der Waals surface area (Å²) < 4.78 is 23.8. The maximum Gasteiger partial charge on any atom is 0.271 e. The topological polar surface area (TPSA) is 127 Å². The summed E-state index contributed by atoms with van der Waals surface area (Å²) in [5, 5.41) is 13.9. The van der Waals surface area contributed by atoms with Gasteiger partial charge >= 0.3 is 0 Å². The van der Waals surface area contributed by atoms with E-state index in [1.165, 1.54) is 0 Å². The van der Waals surface area contributed by atoms with Gasteiger partial charge in [-0.05, 0) is 48.9 Å². The molecule has 1 heterocycles. The van der Waals surface area contributed by atoms with E-state index in [-0.39, 0.29) is 16.4 Å². The number of nitrogens with one attached hydrogen (secondary N) is 1. The van der Waals surface area contributed by atoms with Gasteiger partial charge in [-0.15, -0.1) is 0 Å². The van der Waals surface area contributed by atoms with Crippen LogP contribution >= 0.6 is 0 Å². The number of hydrogen-bond donors (Lipinski definition) is 1. The van der Waals surface area contributed by atoms with E-state index in [9.17, 15) is 28.1 Å². The van der Waals surface area contributed by atoms with Crippen molar-refractivity contribution in [1.82, 2.24) is 4.90 Å². The lowest BCUT2D eigenvalue weighted by molar-refractivity contribution is -0.385. The lowest BCUT2D eigenvalue weighted by atomic mass is 9.91. The molecular weight excluding hydrogens is 446 g/mol. The van der Waals surface area contributed by atoms with Crippen molar-refractivity contribution < 1.29 is 22.9 Å². The second-order valence-electron chi connectivity index (χ2n) is 8.88. The Bertz CT molecular complexity index is 1210. The van der Waals surface area contributed by atoms with E-state index < -0.39 is 26.4 Å². The van der Waals surface area contributed by atoms with Crippen LogP contribution in [-0.2, 0) is 9.84 Å². The van der Waals surface area contributed by atoms with E-state index in [0.29, 0.717) is 41.7 Å². The van der Waals surface area contributed by atoms with Crippen molar-refractivity contribution in [3.05, 3.63) is 63.2 Å². The van der Waals surface area contributed by atoms with Gasteiger partial charge in [0.1, 0.15) is 0 Å². The molecule has 10 heteroatoms. The minimum atomic E-state index is -3.77. The van der Waals surface area contributed by atoms with Gasteiger partial charge in [0.25, 0.3) is 17.5 Å². The zero-order chi connectivity index (χ0) is 24.5. The van der Waals surface area contributed by atoms with Crippen molar-refractivity contribution in [3.8, 4) is 0 Å². The predicted molar refractivity (Wildman–Crippen MR) is 124 cm³/mol. The molecule has 3 rings (SSSR count). The number of piperidine rings is 1. The van der Waals surface area contributed by atoms with Crippen LogP contribution < -0.4 is 5.32 Å². The van der Waals surface area contributed by atoms with Crippen molar-refractivity contribution in [1.29, 1.82) is 0 Å². The average Bonchev–Trinajstić information content (AvgIpc) is 2.73. The Balaban J connectivity index is 1.90. The molecule has 2 unspecified atom stereocenters. The normalized spacial score (nSPS) is 18.6. The highest BCUT2D eigenvalue weighted by Gasteiger charge is 2.26. The van der Waals surface area contributed by atoms with Gasteiger partial charge in [-0.25, -0.2) is 8.42 Å². The van der Waals surface area contributed by atoms with Crippen LogP contribution in [0.25, 0.3) is 0 Å². The average molecular weight is 474 g/mol. The summed E-state index contributed by atoms with van der Waals surface area (Å²) in [4.78, 5) is 37.9. The van der Waals surface area contributed by atoms with Crippen molar-refractivity contribution in [2.75, 3.05) is 24.7 Å². The number of rotatable bonds is 5. The zero-order valence-corrected chi connectivity index (χ0v) is 19.8. The van der Waals surface area contributed by atoms with Crippen LogP contribution in [0.1, 0.15) is 46.5 Å². The maximum atomic E-state index is 13.1. The first-order chi connectivity index (χ1) is 15.3. The van der Waals surface area contributed by atoms with Crippen LogP contribution in [0, 0.1) is 28.9 Å². The number of aryl methyl sites for hydroxylation is 1. The summed E-state index contributed by atoms with van der Waals surface area (Å²) in [6, 6.07) is 8.02. The Morgan fingerprint density at radius 1 is 1.06 bits per heavy atom. The number of nitro benzene ring substituents is 1. The molecule has 2 atom stereocenters. The molecule has 0 bridgehead atoms. The monoisotopic (exact) mass is 473 g/mol. The van der Waals surface area contributed by atoms with Crippen LogP contribution in [0.3, 0.4) is 0 Å². The van der Waals surface area contributed by atoms with Crippen LogP contribution in [0.2, 0.25) is 0 Å². The Labute approximate surface area is 192 Å². The van der Waals surface area contributed by atoms with E-state index in [1.807, 2.05) is 4.90 Å². The minimum absolute atomic E-state index is 0.126. The van der Waals surface area contributed by atoms with E-state index in [2.05, 4.69) is 19.2 Å². The molecule has 1 fully saturated rings. The van der Waals surface area contributed by atoms with Gasteiger partial charge in [0.05, 0.1) is 9.82 Å². The summed E-state index contributed by atoms with van der Waals surface area (Å²) in [6.07, 6.45) is 1.98. The molecule has 9 nitrogen and oxygen atoms in total. The van der Waals surface area contributed by atoms with Crippen molar-refractivity contribution in [2.45, 2.75) is 32.1 Å². The Morgan fingerprint density at radius 3 is 2.27 bits per heavy atom. The molecule has 0 aliphatic carbocycles. The Hall–Kier alpha value is -3.27. The van der Waals surface area contributed by atoms with Gasteiger partial charge in [0.15, 0.2) is 9.84 Å². The first kappa shape index (κ1) is 24.4. The highest BCUT2D eigenvalue weighted by molar-refractivity contribution is 7.90. The number of carbonyl (C=O) groups is 2. The Kier molecular flexibility index (Phi) is 6.87. The summed E-state index contributed by atoms with van der Waals surface area (Å²) in [5.41, 5.74) is 0.815. The number of sulfone groups is 1. The largest absolute Gasteiger partial charge is 0.338 e. The highest BCUT2D eigenvalue weighted by atomic mass is 32.2. The molecule has 33 heavy (non-hydrogen) atoms. The number of nitro groups is 1. The molecule has 2 aromatic rings. The lowest BCUT2D eigenvalue weighted by Crippen LogP contribution is -2.42. The molecule has 0 spiro atoms. The number of non-ortho nitro benzene ring substituents is 1. The molecule has 0 saturated carbocycles. The molecule has 1 aliphatic rings. The summed E-state index contributed by atoms with van der Waals surface area (Å²) in [7, 11) is -3.77. The van der Waals surface area contributed by atoms with E-state index in [0.717, 1.165) is 30.9 Å². The highest BCUT2D eigenvalue weighted by Crippen LogP contribution is 2.26. The summed E-state index contributed by atoms with van der Waals surface area (Å²) in [5.74, 6) is -0.0319. The first-order valence-corrected chi connectivity index (χ1v) is 12.4. The maximum absolute atomic E-state index is 13.1. The molecule has 0 radical (unpaired) electrons. The van der Waals surface area contributed by atoms with Crippen molar-refractivity contribution in [2.24, 2.45) is 11.8 Å². The van der Waals surface area contributed by atoms with Gasteiger partial charge in [-0.1, -0.05) is 19.9 Å². The molecule has 2 amide bonds. The lowest BCUT2D eigenvalue weighted by Gasteiger charge is -2.35. The number of carbonyl (C=O) groups excluding carboxylic acids is 2. The quantitative estimate of drug-likeness (QED) is 0.521.